The van der Waals surface area contributed by atoms with Crippen LogP contribution in [0.5, 0.6) is 0 Å². The fourth-order valence-corrected chi connectivity index (χ4v) is 3.69. The third kappa shape index (κ3) is 2.36. The van der Waals surface area contributed by atoms with Crippen LogP contribution in [0.2, 0.25) is 0 Å². The van der Waals surface area contributed by atoms with E-state index in [1.807, 2.05) is 11.3 Å². The number of hydrogen-bond donors (Lipinski definition) is 1. The molecule has 1 aliphatic rings. The van der Waals surface area contributed by atoms with Gasteiger partial charge in [0.1, 0.15) is 0 Å². The van der Waals surface area contributed by atoms with Crippen molar-refractivity contribution in [3.05, 3.63) is 58.3 Å². The zero-order valence-corrected chi connectivity index (χ0v) is 11.5. The molecule has 1 aromatic carbocycles. The summed E-state index contributed by atoms with van der Waals surface area (Å²) in [6.45, 7) is 3.24. The van der Waals surface area contributed by atoms with Gasteiger partial charge in [-0.3, -0.25) is 0 Å². The quantitative estimate of drug-likeness (QED) is 0.846. The minimum absolute atomic E-state index is 0.542. The van der Waals surface area contributed by atoms with Gasteiger partial charge in [-0.2, -0.15) is 0 Å². The van der Waals surface area contributed by atoms with Crippen molar-refractivity contribution >= 4 is 11.3 Å². The first-order chi connectivity index (χ1) is 8.90. The van der Waals surface area contributed by atoms with Crippen LogP contribution in [0.15, 0.2) is 47.8 Å². The maximum Gasteiger partial charge on any atom is 0.0449 e. The van der Waals surface area contributed by atoms with Gasteiger partial charge in [0, 0.05) is 10.9 Å². The predicted molar refractivity (Wildman–Crippen MR) is 78.0 cm³/mol. The summed E-state index contributed by atoms with van der Waals surface area (Å²) in [7, 11) is 0. The molecule has 0 amide bonds. The van der Waals surface area contributed by atoms with Crippen LogP contribution in [0.4, 0.5) is 0 Å². The second-order valence-corrected chi connectivity index (χ2v) is 5.95. The minimum Gasteiger partial charge on any atom is -0.309 e. The van der Waals surface area contributed by atoms with Crippen molar-refractivity contribution in [2.45, 2.75) is 25.3 Å². The van der Waals surface area contributed by atoms with Gasteiger partial charge < -0.3 is 5.32 Å². The molecule has 3 rings (SSSR count). The van der Waals surface area contributed by atoms with Gasteiger partial charge in [0.15, 0.2) is 0 Å². The first kappa shape index (κ1) is 11.9. The summed E-state index contributed by atoms with van der Waals surface area (Å²) >= 11 is 1.87. The van der Waals surface area contributed by atoms with Gasteiger partial charge in [0.05, 0.1) is 0 Å². The van der Waals surface area contributed by atoms with Crippen LogP contribution in [-0.4, -0.2) is 6.54 Å². The molecule has 0 radical (unpaired) electrons. The van der Waals surface area contributed by atoms with Gasteiger partial charge in [0.25, 0.3) is 0 Å². The zero-order chi connectivity index (χ0) is 12.4. The number of rotatable bonds is 5. The Morgan fingerprint density at radius 3 is 2.72 bits per heavy atom. The molecule has 0 spiro atoms. The van der Waals surface area contributed by atoms with Crippen molar-refractivity contribution in [2.75, 3.05) is 6.54 Å². The van der Waals surface area contributed by atoms with E-state index in [9.17, 15) is 0 Å². The Kier molecular flexibility index (Phi) is 3.48. The molecule has 1 saturated carbocycles. The van der Waals surface area contributed by atoms with Crippen LogP contribution in [0, 0.1) is 5.92 Å². The Balaban J connectivity index is 1.75. The lowest BCUT2D eigenvalue weighted by atomic mass is 10.0. The highest BCUT2D eigenvalue weighted by molar-refractivity contribution is 7.10. The fraction of sp³-hybridized carbons (Fsp3) is 0.375. The van der Waals surface area contributed by atoms with Crippen LogP contribution >= 0.6 is 11.3 Å². The molecule has 3 atom stereocenters. The highest BCUT2D eigenvalue weighted by atomic mass is 32.1. The molecule has 94 valence electrons. The van der Waals surface area contributed by atoms with E-state index >= 15 is 0 Å². The van der Waals surface area contributed by atoms with Crippen LogP contribution < -0.4 is 5.32 Å². The van der Waals surface area contributed by atoms with E-state index in [0.717, 1.165) is 18.4 Å². The van der Waals surface area contributed by atoms with E-state index in [-0.39, 0.29) is 0 Å². The summed E-state index contributed by atoms with van der Waals surface area (Å²) in [5, 5.41) is 5.84. The Morgan fingerprint density at radius 2 is 2.06 bits per heavy atom. The third-order valence-electron chi connectivity index (χ3n) is 3.77. The van der Waals surface area contributed by atoms with Crippen LogP contribution in [-0.2, 0) is 0 Å². The monoisotopic (exact) mass is 257 g/mol. The molecule has 1 N–H and O–H groups in total. The van der Waals surface area contributed by atoms with Crippen molar-refractivity contribution in [2.24, 2.45) is 5.92 Å². The highest BCUT2D eigenvalue weighted by Gasteiger charge is 2.44. The molecule has 2 heteroatoms. The third-order valence-corrected chi connectivity index (χ3v) is 4.72. The Labute approximate surface area is 113 Å². The summed E-state index contributed by atoms with van der Waals surface area (Å²) in [6, 6.07) is 15.9. The Hall–Kier alpha value is -1.12. The van der Waals surface area contributed by atoms with E-state index in [2.05, 4.69) is 60.1 Å². The molecule has 1 heterocycles. The number of thiophene rings is 1. The second kappa shape index (κ2) is 5.25. The van der Waals surface area contributed by atoms with Crippen molar-refractivity contribution in [3.8, 4) is 0 Å². The molecule has 0 bridgehead atoms. The van der Waals surface area contributed by atoms with Gasteiger partial charge in [-0.05, 0) is 41.8 Å². The summed E-state index contributed by atoms with van der Waals surface area (Å²) < 4.78 is 0. The molecule has 1 fully saturated rings. The summed E-state index contributed by atoms with van der Waals surface area (Å²) in [4.78, 5) is 1.49. The van der Waals surface area contributed by atoms with Gasteiger partial charge in [-0.15, -0.1) is 11.3 Å². The molecule has 18 heavy (non-hydrogen) atoms. The Bertz CT molecular complexity index is 477. The van der Waals surface area contributed by atoms with Crippen LogP contribution in [0.25, 0.3) is 0 Å². The molecule has 1 aromatic heterocycles. The van der Waals surface area contributed by atoms with Crippen molar-refractivity contribution in [1.29, 1.82) is 0 Å². The average Bonchev–Trinajstić information content (AvgIpc) is 3.02. The number of benzene rings is 1. The highest BCUT2D eigenvalue weighted by Crippen LogP contribution is 2.54. The minimum atomic E-state index is 0.542. The van der Waals surface area contributed by atoms with Gasteiger partial charge >= 0.3 is 0 Å². The largest absolute Gasteiger partial charge is 0.309 e. The standard InChI is InChI=1S/C16H19NS/c1-2-17-16(15-9-6-10-18-15)14-11-13(14)12-7-4-3-5-8-12/h3-10,13-14,16-17H,2,11H2,1H3. The van der Waals surface area contributed by atoms with Crippen molar-refractivity contribution in [1.82, 2.24) is 5.32 Å². The maximum atomic E-state index is 3.66. The lowest BCUT2D eigenvalue weighted by Gasteiger charge is -2.16. The van der Waals surface area contributed by atoms with Gasteiger partial charge in [-0.1, -0.05) is 43.3 Å². The molecule has 0 saturated heterocycles. The van der Waals surface area contributed by atoms with E-state index in [4.69, 9.17) is 0 Å². The van der Waals surface area contributed by atoms with E-state index in [1.165, 1.54) is 16.9 Å². The lowest BCUT2D eigenvalue weighted by molar-refractivity contribution is 0.494. The molecule has 1 aliphatic carbocycles. The normalized spacial score (nSPS) is 23.8. The van der Waals surface area contributed by atoms with E-state index in [0.29, 0.717) is 6.04 Å². The van der Waals surface area contributed by atoms with Gasteiger partial charge in [-0.25, -0.2) is 0 Å². The van der Waals surface area contributed by atoms with Crippen molar-refractivity contribution in [3.63, 3.8) is 0 Å². The number of hydrogen-bond acceptors (Lipinski definition) is 2. The predicted octanol–water partition coefficient (Wildman–Crippen LogP) is 4.20. The van der Waals surface area contributed by atoms with E-state index in [1.54, 1.807) is 0 Å². The second-order valence-electron chi connectivity index (χ2n) is 4.97. The smallest absolute Gasteiger partial charge is 0.0449 e. The zero-order valence-electron chi connectivity index (χ0n) is 10.7. The van der Waals surface area contributed by atoms with Crippen LogP contribution in [0.3, 0.4) is 0 Å². The molecular formula is C16H19NS. The summed E-state index contributed by atoms with van der Waals surface area (Å²) in [6.07, 6.45) is 1.32. The van der Waals surface area contributed by atoms with Gasteiger partial charge in [0.2, 0.25) is 0 Å². The fourth-order valence-electron chi connectivity index (χ4n) is 2.82. The van der Waals surface area contributed by atoms with E-state index < -0.39 is 0 Å². The topological polar surface area (TPSA) is 12.0 Å². The molecule has 1 nitrogen and oxygen atoms in total. The maximum absolute atomic E-state index is 3.66. The van der Waals surface area contributed by atoms with Crippen LogP contribution in [0.1, 0.15) is 35.7 Å². The number of nitrogens with one attached hydrogen (secondary N) is 1. The molecule has 0 aliphatic heterocycles. The molecular weight excluding hydrogens is 238 g/mol. The first-order valence-corrected chi connectivity index (χ1v) is 7.60. The SMILES string of the molecule is CCNC(c1cccs1)C1CC1c1ccccc1. The summed E-state index contributed by atoms with van der Waals surface area (Å²) in [5.74, 6) is 1.52. The average molecular weight is 257 g/mol. The summed E-state index contributed by atoms with van der Waals surface area (Å²) in [5.41, 5.74) is 1.50. The molecule has 3 unspecified atom stereocenters. The molecule has 2 aromatic rings. The Morgan fingerprint density at radius 1 is 1.22 bits per heavy atom. The van der Waals surface area contributed by atoms with Crippen molar-refractivity contribution < 1.29 is 0 Å². The lowest BCUT2D eigenvalue weighted by Crippen LogP contribution is -2.22. The first-order valence-electron chi connectivity index (χ1n) is 6.72.